The molecule has 0 N–H and O–H groups in total. The van der Waals surface area contributed by atoms with E-state index in [0.717, 1.165) is 7.14 Å². The molecule has 1 aliphatic carbocycles. The fourth-order valence-electron chi connectivity index (χ4n) is 4.19. The van der Waals surface area contributed by atoms with Gasteiger partial charge in [0, 0.05) is 7.14 Å². The molecular weight excluding hydrogens is 1320 g/mol. The van der Waals surface area contributed by atoms with Crippen LogP contribution in [0.2, 0.25) is 0 Å². The molecule has 0 amide bonds. The third-order valence-electron chi connectivity index (χ3n) is 6.21. The molecule has 1 fully saturated rings. The first kappa shape index (κ1) is 40.2. The Morgan fingerprint density at radius 1 is 0.689 bits per heavy atom. The van der Waals surface area contributed by atoms with Gasteiger partial charge in [0.05, 0.1) is 32.0 Å². The minimum absolute atomic E-state index is 0.144. The summed E-state index contributed by atoms with van der Waals surface area (Å²) in [7, 11) is -6.93. The van der Waals surface area contributed by atoms with Gasteiger partial charge in [-0.1, -0.05) is 0 Å². The first-order chi connectivity index (χ1) is 20.5. The van der Waals surface area contributed by atoms with Gasteiger partial charge in [0.15, 0.2) is 21.6 Å². The van der Waals surface area contributed by atoms with E-state index in [4.69, 9.17) is 9.47 Å². The number of halogens is 11. The number of carbonyl (C=O) groups is 3. The van der Waals surface area contributed by atoms with Crippen molar-refractivity contribution in [1.29, 1.82) is 0 Å². The van der Waals surface area contributed by atoms with E-state index in [1.54, 1.807) is 24.3 Å². The van der Waals surface area contributed by atoms with Crippen LogP contribution >= 0.6 is 136 Å². The van der Waals surface area contributed by atoms with Gasteiger partial charge >= 0.3 is 29.3 Å². The number of hydrogen-bond acceptors (Lipinski definition) is 9. The van der Waals surface area contributed by atoms with Crippen molar-refractivity contribution in [3.63, 3.8) is 0 Å². The zero-order valence-corrected chi connectivity index (χ0v) is 35.2. The van der Waals surface area contributed by atoms with Gasteiger partial charge in [0.2, 0.25) is 0 Å². The average molecular weight is 1330 g/mol. The molecule has 3 atom stereocenters. The van der Waals surface area contributed by atoms with Gasteiger partial charge < -0.3 is 18.8 Å². The van der Waals surface area contributed by atoms with Gasteiger partial charge in [-0.15, -0.1) is 0 Å². The number of rotatable bonds is 8. The summed E-state index contributed by atoms with van der Waals surface area (Å²) >= 11 is 11.7. The maximum Gasteiger partial charge on any atom is 0.432 e. The minimum Gasteiger partial charge on any atom is -0.743 e. The molecule has 3 rings (SSSR count). The van der Waals surface area contributed by atoms with E-state index >= 15 is 0 Å². The second-order valence-corrected chi connectivity index (χ2v) is 18.0. The van der Waals surface area contributed by atoms with Crippen LogP contribution in [0.4, 0.5) is 22.0 Å². The standard InChI is InChI=1S/C24H15F5I6O9S/c25-23(26,27)22(24(28,29)45(39,40)41)44-21(38)10-2-8(19(36)42-17-13(32)4-11(30)5-14(17)33)1-9(3-10)20(37)43-18-15(34)6-12(31)7-16(18)35/h4-10,22H,1-3H2,(H,39,40,41)/p-1. The lowest BCUT2D eigenvalue weighted by molar-refractivity contribution is -0.261. The normalized spacial score (nSPS) is 19.9. The van der Waals surface area contributed by atoms with E-state index in [1.165, 1.54) is 0 Å². The van der Waals surface area contributed by atoms with Crippen LogP contribution in [0.25, 0.3) is 0 Å². The SMILES string of the molecule is O=C(Oc1c(I)cc(I)cc1I)C1CC(C(=O)Oc2c(I)cc(I)cc2I)CC(C(=O)OC(C(F)(F)F)C(F)(F)S(=O)(=O)[O-])C1. The monoisotopic (exact) mass is 1330 g/mol. The lowest BCUT2D eigenvalue weighted by Gasteiger charge is -2.34. The van der Waals surface area contributed by atoms with Crippen LogP contribution in [0, 0.1) is 39.2 Å². The van der Waals surface area contributed by atoms with Crippen molar-refractivity contribution in [2.24, 2.45) is 17.8 Å². The molecule has 2 aromatic carbocycles. The van der Waals surface area contributed by atoms with Crippen LogP contribution in [-0.4, -0.2) is 48.4 Å². The fraction of sp³-hybridized carbons (Fsp3) is 0.375. The molecule has 2 aromatic rings. The molecule has 0 aromatic heterocycles. The Labute approximate surface area is 334 Å². The molecule has 0 heterocycles. The van der Waals surface area contributed by atoms with E-state index in [1.807, 2.05) is 136 Å². The van der Waals surface area contributed by atoms with Crippen molar-refractivity contribution in [3.05, 3.63) is 45.7 Å². The summed E-state index contributed by atoms with van der Waals surface area (Å²) in [6.07, 6.45) is -12.3. The summed E-state index contributed by atoms with van der Waals surface area (Å²) in [5.41, 5.74) is 0. The molecule has 45 heavy (non-hydrogen) atoms. The van der Waals surface area contributed by atoms with Crippen LogP contribution in [0.15, 0.2) is 24.3 Å². The Morgan fingerprint density at radius 3 is 1.29 bits per heavy atom. The Kier molecular flexibility index (Phi) is 14.1. The van der Waals surface area contributed by atoms with Crippen LogP contribution in [-0.2, 0) is 29.2 Å². The molecule has 21 heteroatoms. The summed E-state index contributed by atoms with van der Waals surface area (Å²) in [6.45, 7) is 0. The largest absolute Gasteiger partial charge is 0.743 e. The Morgan fingerprint density at radius 2 is 1.00 bits per heavy atom. The molecule has 3 unspecified atom stereocenters. The smallest absolute Gasteiger partial charge is 0.432 e. The van der Waals surface area contributed by atoms with Crippen LogP contribution < -0.4 is 9.47 Å². The van der Waals surface area contributed by atoms with E-state index in [-0.39, 0.29) is 17.9 Å². The number of alkyl halides is 5. The fourth-order valence-corrected chi connectivity index (χ4v) is 12.2. The second-order valence-electron chi connectivity index (χ2n) is 9.41. The molecule has 248 valence electrons. The predicted octanol–water partition coefficient (Wildman–Crippen LogP) is 7.47. The summed E-state index contributed by atoms with van der Waals surface area (Å²) in [5, 5.41) is -6.07. The van der Waals surface area contributed by atoms with E-state index in [9.17, 15) is 49.3 Å². The first-order valence-electron chi connectivity index (χ1n) is 11.9. The topological polar surface area (TPSA) is 136 Å². The Bertz CT molecular complexity index is 1500. The van der Waals surface area contributed by atoms with Crippen molar-refractivity contribution in [1.82, 2.24) is 0 Å². The summed E-state index contributed by atoms with van der Waals surface area (Å²) < 4.78 is 120. The predicted molar refractivity (Wildman–Crippen MR) is 195 cm³/mol. The summed E-state index contributed by atoms with van der Waals surface area (Å²) in [5.74, 6) is -8.11. The molecule has 0 radical (unpaired) electrons. The maximum atomic E-state index is 14.1. The van der Waals surface area contributed by atoms with Crippen molar-refractivity contribution in [2.45, 2.75) is 36.8 Å². The zero-order valence-electron chi connectivity index (χ0n) is 21.5. The van der Waals surface area contributed by atoms with Gasteiger partial charge in [0.1, 0.15) is 0 Å². The number of benzene rings is 2. The van der Waals surface area contributed by atoms with Crippen molar-refractivity contribution >= 4 is 164 Å². The number of esters is 3. The summed E-state index contributed by atoms with van der Waals surface area (Å²) in [6, 6.07) is 6.77. The van der Waals surface area contributed by atoms with Crippen molar-refractivity contribution in [3.8, 4) is 11.5 Å². The molecule has 0 aliphatic heterocycles. The van der Waals surface area contributed by atoms with Crippen LogP contribution in [0.5, 0.6) is 11.5 Å². The number of ether oxygens (including phenoxy) is 3. The molecule has 0 saturated heterocycles. The van der Waals surface area contributed by atoms with Gasteiger partial charge in [-0.3, -0.25) is 14.4 Å². The van der Waals surface area contributed by atoms with Gasteiger partial charge in [-0.25, -0.2) is 8.42 Å². The van der Waals surface area contributed by atoms with E-state index in [0.29, 0.717) is 14.3 Å². The van der Waals surface area contributed by atoms with Crippen LogP contribution in [0.1, 0.15) is 19.3 Å². The molecule has 0 spiro atoms. The van der Waals surface area contributed by atoms with E-state index in [2.05, 4.69) is 4.74 Å². The summed E-state index contributed by atoms with van der Waals surface area (Å²) in [4.78, 5) is 39.5. The maximum absolute atomic E-state index is 14.1. The quantitative estimate of drug-likeness (QED) is 0.0868. The highest BCUT2D eigenvalue weighted by Gasteiger charge is 2.63. The average Bonchev–Trinajstić information content (AvgIpc) is 2.89. The number of hydrogen-bond donors (Lipinski definition) is 0. The lowest BCUT2D eigenvalue weighted by Crippen LogP contribution is -2.53. The third-order valence-corrected chi connectivity index (χ3v) is 11.5. The van der Waals surface area contributed by atoms with Gasteiger partial charge in [0.25, 0.3) is 6.10 Å². The van der Waals surface area contributed by atoms with E-state index < -0.39 is 76.2 Å². The highest BCUT2D eigenvalue weighted by atomic mass is 127. The Balaban J connectivity index is 1.96. The molecule has 9 nitrogen and oxygen atoms in total. The zero-order chi connectivity index (χ0) is 34.2. The molecule has 1 aliphatic rings. The van der Waals surface area contributed by atoms with Gasteiger partial charge in [-0.05, 0) is 179 Å². The highest BCUT2D eigenvalue weighted by Crippen LogP contribution is 2.42. The van der Waals surface area contributed by atoms with Gasteiger partial charge in [-0.2, -0.15) is 22.0 Å². The lowest BCUT2D eigenvalue weighted by atomic mass is 9.75. The minimum atomic E-state index is -6.93. The third kappa shape index (κ3) is 10.2. The highest BCUT2D eigenvalue weighted by molar-refractivity contribution is 14.1. The second kappa shape index (κ2) is 15.8. The van der Waals surface area contributed by atoms with Crippen molar-refractivity contribution in [2.75, 3.05) is 0 Å². The van der Waals surface area contributed by atoms with Crippen molar-refractivity contribution < 1.29 is 63.5 Å². The number of carbonyl (C=O) groups excluding carboxylic acids is 3. The molecule has 0 bridgehead atoms. The molecule has 1 saturated carbocycles. The molecular formula is C24H14F5I6O9S-. The Hall–Kier alpha value is 0.790. The first-order valence-corrected chi connectivity index (χ1v) is 19.7. The van der Waals surface area contributed by atoms with Crippen LogP contribution in [0.3, 0.4) is 0 Å².